The van der Waals surface area contributed by atoms with Crippen LogP contribution in [0.4, 0.5) is 4.79 Å². The van der Waals surface area contributed by atoms with Gasteiger partial charge in [0.2, 0.25) is 5.43 Å². The van der Waals surface area contributed by atoms with E-state index in [4.69, 9.17) is 18.6 Å². The molecule has 4 rings (SSSR count). The maximum atomic E-state index is 13.0. The highest BCUT2D eigenvalue weighted by Gasteiger charge is 2.24. The summed E-state index contributed by atoms with van der Waals surface area (Å²) < 4.78 is 21.3. The van der Waals surface area contributed by atoms with E-state index in [1.807, 2.05) is 0 Å². The second-order valence-corrected chi connectivity index (χ2v) is 8.34. The fourth-order valence-electron chi connectivity index (χ4n) is 4.10. The number of fused-ring (bicyclic) bond motifs is 1. The number of nitrogens with zero attached hydrogens (tertiary/aromatic N) is 1. The molecule has 2 aromatic carbocycles. The van der Waals surface area contributed by atoms with E-state index in [0.717, 1.165) is 0 Å². The minimum absolute atomic E-state index is 0.0217. The van der Waals surface area contributed by atoms with E-state index in [9.17, 15) is 19.5 Å². The Morgan fingerprint density at radius 1 is 1.14 bits per heavy atom. The van der Waals surface area contributed by atoms with Gasteiger partial charge in [-0.25, -0.2) is 4.79 Å². The first-order valence-electron chi connectivity index (χ1n) is 11.7. The van der Waals surface area contributed by atoms with Crippen LogP contribution in [0.15, 0.2) is 51.9 Å². The van der Waals surface area contributed by atoms with Crippen LogP contribution in [0.25, 0.3) is 22.1 Å². The summed E-state index contributed by atoms with van der Waals surface area (Å²) in [7, 11) is 1.55. The largest absolute Gasteiger partial charge is 0.507 e. The Kier molecular flexibility index (Phi) is 7.62. The summed E-state index contributed by atoms with van der Waals surface area (Å²) in [6.45, 7) is 2.80. The predicted molar refractivity (Wildman–Crippen MR) is 131 cm³/mol. The van der Waals surface area contributed by atoms with Gasteiger partial charge in [-0.1, -0.05) is 12.1 Å². The molecular weight excluding hydrogens is 468 g/mol. The zero-order valence-corrected chi connectivity index (χ0v) is 20.1. The summed E-state index contributed by atoms with van der Waals surface area (Å²) in [4.78, 5) is 38.8. The molecule has 2 heterocycles. The van der Waals surface area contributed by atoms with Crippen LogP contribution < -0.4 is 20.2 Å². The lowest BCUT2D eigenvalue weighted by Crippen LogP contribution is -2.47. The normalized spacial score (nSPS) is 13.9. The smallest absolute Gasteiger partial charge is 0.409 e. The fourth-order valence-corrected chi connectivity index (χ4v) is 4.10. The van der Waals surface area contributed by atoms with Crippen LogP contribution >= 0.6 is 0 Å². The second kappa shape index (κ2) is 11.0. The van der Waals surface area contributed by atoms with Gasteiger partial charge in [0.25, 0.3) is 5.91 Å². The van der Waals surface area contributed by atoms with Gasteiger partial charge in [-0.3, -0.25) is 9.59 Å². The highest BCUT2D eigenvalue weighted by Crippen LogP contribution is 2.30. The first-order valence-corrected chi connectivity index (χ1v) is 11.7. The van der Waals surface area contributed by atoms with Crippen molar-refractivity contribution in [2.24, 2.45) is 0 Å². The maximum Gasteiger partial charge on any atom is 0.409 e. The lowest BCUT2D eigenvalue weighted by atomic mass is 10.0. The highest BCUT2D eigenvalue weighted by atomic mass is 16.6. The number of piperidine rings is 1. The summed E-state index contributed by atoms with van der Waals surface area (Å²) in [6.07, 6.45) is 2.21. The van der Waals surface area contributed by atoms with Crippen molar-refractivity contribution in [1.29, 1.82) is 0 Å². The number of phenols is 1. The third-order valence-electron chi connectivity index (χ3n) is 5.99. The van der Waals surface area contributed by atoms with Crippen molar-refractivity contribution < 1.29 is 33.3 Å². The van der Waals surface area contributed by atoms with Gasteiger partial charge >= 0.3 is 6.09 Å². The van der Waals surface area contributed by atoms with Crippen LogP contribution in [0.1, 0.15) is 19.8 Å². The Balaban J connectivity index is 1.38. The number of aromatic hydroxyl groups is 1. The molecule has 0 bridgehead atoms. The second-order valence-electron chi connectivity index (χ2n) is 8.34. The Hall–Kier alpha value is -4.21. The van der Waals surface area contributed by atoms with Gasteiger partial charge in [-0.15, -0.1) is 0 Å². The molecule has 0 radical (unpaired) electrons. The van der Waals surface area contributed by atoms with Gasteiger partial charge in [-0.2, -0.15) is 0 Å². The van der Waals surface area contributed by atoms with Crippen molar-refractivity contribution in [2.45, 2.75) is 25.8 Å². The number of likely N-dealkylation sites (tertiary alicyclic amines) is 1. The molecule has 36 heavy (non-hydrogen) atoms. The van der Waals surface area contributed by atoms with E-state index in [-0.39, 0.29) is 47.1 Å². The van der Waals surface area contributed by atoms with Crippen molar-refractivity contribution >= 4 is 23.0 Å². The lowest BCUT2D eigenvalue weighted by molar-refractivity contribution is -0.124. The Morgan fingerprint density at radius 3 is 2.53 bits per heavy atom. The minimum atomic E-state index is -0.391. The molecule has 190 valence electrons. The van der Waals surface area contributed by atoms with Crippen LogP contribution in [0.3, 0.4) is 0 Å². The third-order valence-corrected chi connectivity index (χ3v) is 5.99. The number of hydrogen-bond donors (Lipinski definition) is 2. The molecule has 1 aliphatic heterocycles. The number of amides is 2. The molecule has 0 unspecified atom stereocenters. The summed E-state index contributed by atoms with van der Waals surface area (Å²) in [5, 5.41) is 13.4. The zero-order chi connectivity index (χ0) is 25.7. The van der Waals surface area contributed by atoms with Gasteiger partial charge in [-0.05, 0) is 37.5 Å². The number of rotatable bonds is 7. The standard InChI is InChI=1S/C26H28N2O8/c1-3-34-26(32)28-10-8-17(9-11-28)27-23(30)15-35-19-12-21(29)24-22(13-19)36-14-20(25(24)31)16-4-6-18(33-2)7-5-16/h4-7,12-14,17,29H,3,8-11,15H2,1-2H3,(H,27,30). The first kappa shape index (κ1) is 24.9. The van der Waals surface area contributed by atoms with E-state index < -0.39 is 5.43 Å². The molecule has 0 aliphatic carbocycles. The Labute approximate surface area is 207 Å². The van der Waals surface area contributed by atoms with Crippen LogP contribution in [-0.4, -0.2) is 61.5 Å². The molecule has 1 aliphatic rings. The number of hydrogen-bond acceptors (Lipinski definition) is 8. The van der Waals surface area contributed by atoms with Gasteiger partial charge in [0.05, 0.1) is 19.3 Å². The van der Waals surface area contributed by atoms with Gasteiger partial charge in [0.15, 0.2) is 6.61 Å². The van der Waals surface area contributed by atoms with E-state index in [0.29, 0.717) is 49.4 Å². The number of methoxy groups -OCH3 is 1. The number of carbonyl (C=O) groups excluding carboxylic acids is 2. The van der Waals surface area contributed by atoms with Crippen LogP contribution in [0.5, 0.6) is 17.2 Å². The SMILES string of the molecule is CCOC(=O)N1CCC(NC(=O)COc2cc(O)c3c(=O)c(-c4ccc(OC)cc4)coc3c2)CC1. The molecule has 10 nitrogen and oxygen atoms in total. The molecule has 1 fully saturated rings. The molecular formula is C26H28N2O8. The first-order chi connectivity index (χ1) is 17.4. The van der Waals surface area contributed by atoms with Crippen molar-refractivity contribution in [3.63, 3.8) is 0 Å². The van der Waals surface area contributed by atoms with Gasteiger partial charge < -0.3 is 34.0 Å². The Morgan fingerprint density at radius 2 is 1.86 bits per heavy atom. The minimum Gasteiger partial charge on any atom is -0.507 e. The van der Waals surface area contributed by atoms with Crippen LogP contribution in [0, 0.1) is 0 Å². The van der Waals surface area contributed by atoms with Crippen LogP contribution in [0.2, 0.25) is 0 Å². The molecule has 0 saturated carbocycles. The molecule has 10 heteroatoms. The molecule has 1 saturated heterocycles. The zero-order valence-electron chi connectivity index (χ0n) is 20.1. The van der Waals surface area contributed by atoms with Crippen molar-refractivity contribution in [1.82, 2.24) is 10.2 Å². The molecule has 2 amide bonds. The van der Waals surface area contributed by atoms with E-state index in [1.165, 1.54) is 18.4 Å². The number of phenolic OH excluding ortho intramolecular Hbond substituents is 1. The van der Waals surface area contributed by atoms with Gasteiger partial charge in [0.1, 0.15) is 34.5 Å². The molecule has 0 spiro atoms. The lowest BCUT2D eigenvalue weighted by Gasteiger charge is -2.31. The van der Waals surface area contributed by atoms with Crippen LogP contribution in [-0.2, 0) is 9.53 Å². The molecule has 3 aromatic rings. The summed E-state index contributed by atoms with van der Waals surface area (Å²) in [6, 6.07) is 9.57. The van der Waals surface area contributed by atoms with E-state index >= 15 is 0 Å². The number of benzene rings is 2. The number of ether oxygens (including phenoxy) is 3. The predicted octanol–water partition coefficient (Wildman–Crippen LogP) is 3.29. The average Bonchev–Trinajstić information content (AvgIpc) is 2.88. The molecule has 2 N–H and O–H groups in total. The highest BCUT2D eigenvalue weighted by molar-refractivity contribution is 5.88. The van der Waals surface area contributed by atoms with Gasteiger partial charge in [0, 0.05) is 31.3 Å². The van der Waals surface area contributed by atoms with E-state index in [2.05, 4.69) is 5.32 Å². The quantitative estimate of drug-likeness (QED) is 0.510. The summed E-state index contributed by atoms with van der Waals surface area (Å²) >= 11 is 0. The summed E-state index contributed by atoms with van der Waals surface area (Å²) in [5.74, 6) is 0.200. The monoisotopic (exact) mass is 496 g/mol. The molecule has 0 atom stereocenters. The Bertz CT molecular complexity index is 1290. The number of nitrogens with one attached hydrogen (secondary N) is 1. The third kappa shape index (κ3) is 5.54. The van der Waals surface area contributed by atoms with E-state index in [1.54, 1.807) is 43.2 Å². The maximum absolute atomic E-state index is 13.0. The van der Waals surface area contributed by atoms with Crippen molar-refractivity contribution in [2.75, 3.05) is 33.4 Å². The molecule has 1 aromatic heterocycles. The van der Waals surface area contributed by atoms with Crippen molar-refractivity contribution in [3.05, 3.63) is 52.9 Å². The summed E-state index contributed by atoms with van der Waals surface area (Å²) in [5.41, 5.74) is 0.662. The average molecular weight is 497 g/mol. The van der Waals surface area contributed by atoms with Crippen molar-refractivity contribution in [3.8, 4) is 28.4 Å². The fraction of sp³-hybridized carbons (Fsp3) is 0.346. The number of carbonyl (C=O) groups is 2. The topological polar surface area (TPSA) is 128 Å².